The van der Waals surface area contributed by atoms with Crippen molar-refractivity contribution in [2.75, 3.05) is 50.7 Å². The van der Waals surface area contributed by atoms with Gasteiger partial charge in [-0.05, 0) is 26.0 Å². The molecule has 0 spiro atoms. The summed E-state index contributed by atoms with van der Waals surface area (Å²) in [6.07, 6.45) is 0. The number of guanidine groups is 1. The molecule has 0 bridgehead atoms. The topological polar surface area (TPSA) is 60.0 Å². The number of rotatable bonds is 5. The molecule has 8 heteroatoms. The zero-order valence-electron chi connectivity index (χ0n) is 14.7. The molecule has 1 saturated heterocycles. The average Bonchev–Trinajstić information content (AvgIpc) is 2.61. The lowest BCUT2D eigenvalue weighted by molar-refractivity contribution is -0.119. The fraction of sp³-hybridized carbons (Fsp3) is 0.529. The summed E-state index contributed by atoms with van der Waals surface area (Å²) < 4.78 is 27.3. The molecule has 0 saturated carbocycles. The maximum Gasteiger partial charge on any atom is 0.241 e. The molecule has 1 heterocycles. The van der Waals surface area contributed by atoms with E-state index in [0.717, 1.165) is 12.1 Å². The largest absolute Gasteiger partial charge is 0.366 e. The molecule has 0 aromatic heterocycles. The molecule has 0 aliphatic carbocycles. The summed E-state index contributed by atoms with van der Waals surface area (Å²) >= 11 is 0. The van der Waals surface area contributed by atoms with E-state index in [-0.39, 0.29) is 18.1 Å². The standard InChI is InChI=1S/C17H25F2N5O/c1-3-20-16(25)12-22-17(21-4-2)24-9-7-23(8-10-24)15-11-13(18)5-6-14(15)19/h5-6,11H,3-4,7-10,12H2,1-2H3,(H,20,25)(H,21,22). The Hall–Kier alpha value is -2.38. The van der Waals surface area contributed by atoms with Crippen LogP contribution in [0.5, 0.6) is 0 Å². The second-order valence-corrected chi connectivity index (χ2v) is 5.69. The smallest absolute Gasteiger partial charge is 0.241 e. The molecule has 1 amide bonds. The Balaban J connectivity index is 1.99. The molecule has 0 unspecified atom stereocenters. The van der Waals surface area contributed by atoms with E-state index >= 15 is 0 Å². The van der Waals surface area contributed by atoms with Crippen LogP contribution in [0.25, 0.3) is 0 Å². The number of carbonyl (C=O) groups excluding carboxylic acids is 1. The number of nitrogens with one attached hydrogen (secondary N) is 2. The highest BCUT2D eigenvalue weighted by molar-refractivity contribution is 5.85. The monoisotopic (exact) mass is 353 g/mol. The van der Waals surface area contributed by atoms with Crippen LogP contribution in [0.2, 0.25) is 0 Å². The van der Waals surface area contributed by atoms with Gasteiger partial charge < -0.3 is 20.4 Å². The van der Waals surface area contributed by atoms with Gasteiger partial charge in [0.15, 0.2) is 5.96 Å². The van der Waals surface area contributed by atoms with Crippen molar-refractivity contribution < 1.29 is 13.6 Å². The van der Waals surface area contributed by atoms with E-state index in [2.05, 4.69) is 15.6 Å². The van der Waals surface area contributed by atoms with Gasteiger partial charge in [0, 0.05) is 45.3 Å². The molecular formula is C17H25F2N5O. The fourth-order valence-electron chi connectivity index (χ4n) is 2.71. The summed E-state index contributed by atoms with van der Waals surface area (Å²) in [7, 11) is 0. The molecular weight excluding hydrogens is 328 g/mol. The highest BCUT2D eigenvalue weighted by Crippen LogP contribution is 2.21. The Morgan fingerprint density at radius 1 is 1.12 bits per heavy atom. The molecule has 1 fully saturated rings. The lowest BCUT2D eigenvalue weighted by Crippen LogP contribution is -2.53. The van der Waals surface area contributed by atoms with Crippen molar-refractivity contribution in [3.05, 3.63) is 29.8 Å². The number of likely N-dealkylation sites (N-methyl/N-ethyl adjacent to an activating group) is 1. The first-order valence-corrected chi connectivity index (χ1v) is 8.55. The number of piperazine rings is 1. The third-order valence-corrected chi connectivity index (χ3v) is 3.91. The van der Waals surface area contributed by atoms with Crippen LogP contribution < -0.4 is 15.5 Å². The minimum Gasteiger partial charge on any atom is -0.366 e. The van der Waals surface area contributed by atoms with Crippen LogP contribution in [0, 0.1) is 11.6 Å². The summed E-state index contributed by atoms with van der Waals surface area (Å²) in [6, 6.07) is 3.49. The summed E-state index contributed by atoms with van der Waals surface area (Å²) in [4.78, 5) is 19.8. The van der Waals surface area contributed by atoms with Gasteiger partial charge in [-0.1, -0.05) is 0 Å². The van der Waals surface area contributed by atoms with E-state index < -0.39 is 11.6 Å². The summed E-state index contributed by atoms with van der Waals surface area (Å²) in [5, 5.41) is 5.88. The number of anilines is 1. The zero-order chi connectivity index (χ0) is 18.2. The van der Waals surface area contributed by atoms with Gasteiger partial charge in [0.05, 0.1) is 5.69 Å². The number of hydrogen-bond acceptors (Lipinski definition) is 3. The molecule has 1 aliphatic rings. The van der Waals surface area contributed by atoms with Crippen molar-refractivity contribution in [3.8, 4) is 0 Å². The second kappa shape index (κ2) is 9.19. The van der Waals surface area contributed by atoms with E-state index in [0.29, 0.717) is 45.2 Å². The molecule has 0 atom stereocenters. The van der Waals surface area contributed by atoms with E-state index in [1.807, 2.05) is 23.6 Å². The minimum atomic E-state index is -0.448. The van der Waals surface area contributed by atoms with Gasteiger partial charge in [0.2, 0.25) is 5.91 Å². The Kier molecular flexibility index (Phi) is 6.97. The van der Waals surface area contributed by atoms with E-state index in [1.54, 1.807) is 0 Å². The fourth-order valence-corrected chi connectivity index (χ4v) is 2.71. The third-order valence-electron chi connectivity index (χ3n) is 3.91. The molecule has 0 radical (unpaired) electrons. The first-order valence-electron chi connectivity index (χ1n) is 8.55. The molecule has 1 aromatic carbocycles. The Morgan fingerprint density at radius 3 is 2.44 bits per heavy atom. The van der Waals surface area contributed by atoms with Gasteiger partial charge in [-0.3, -0.25) is 4.79 Å². The molecule has 6 nitrogen and oxygen atoms in total. The summed E-state index contributed by atoms with van der Waals surface area (Å²) in [6.45, 7) is 7.45. The van der Waals surface area contributed by atoms with E-state index in [4.69, 9.17) is 0 Å². The van der Waals surface area contributed by atoms with Crippen LogP contribution in [-0.4, -0.2) is 62.6 Å². The molecule has 2 rings (SSSR count). The quantitative estimate of drug-likeness (QED) is 0.617. The van der Waals surface area contributed by atoms with Crippen LogP contribution in [0.1, 0.15) is 13.8 Å². The van der Waals surface area contributed by atoms with Gasteiger partial charge in [-0.25, -0.2) is 13.8 Å². The number of benzene rings is 1. The Bertz CT molecular complexity index is 615. The average molecular weight is 353 g/mol. The number of hydrogen-bond donors (Lipinski definition) is 2. The van der Waals surface area contributed by atoms with Crippen LogP contribution in [0.15, 0.2) is 23.2 Å². The molecule has 2 N–H and O–H groups in total. The predicted octanol–water partition coefficient (Wildman–Crippen LogP) is 1.19. The highest BCUT2D eigenvalue weighted by Gasteiger charge is 2.22. The van der Waals surface area contributed by atoms with Crippen LogP contribution >= 0.6 is 0 Å². The molecule has 1 aromatic rings. The van der Waals surface area contributed by atoms with Gasteiger partial charge in [0.25, 0.3) is 0 Å². The maximum absolute atomic E-state index is 13.9. The number of carbonyl (C=O) groups is 1. The van der Waals surface area contributed by atoms with Crippen LogP contribution in [-0.2, 0) is 4.79 Å². The first kappa shape index (κ1) is 19.0. The maximum atomic E-state index is 13.9. The van der Waals surface area contributed by atoms with Gasteiger partial charge in [0.1, 0.15) is 18.2 Å². The van der Waals surface area contributed by atoms with E-state index in [1.165, 1.54) is 6.07 Å². The second-order valence-electron chi connectivity index (χ2n) is 5.69. The highest BCUT2D eigenvalue weighted by atomic mass is 19.1. The van der Waals surface area contributed by atoms with Gasteiger partial charge in [-0.2, -0.15) is 0 Å². The number of amides is 1. The van der Waals surface area contributed by atoms with Crippen LogP contribution in [0.4, 0.5) is 14.5 Å². The number of aliphatic imine (C=N–C) groups is 1. The predicted molar refractivity (Wildman–Crippen MR) is 94.8 cm³/mol. The van der Waals surface area contributed by atoms with Crippen molar-refractivity contribution in [3.63, 3.8) is 0 Å². The lowest BCUT2D eigenvalue weighted by atomic mass is 10.2. The van der Waals surface area contributed by atoms with Crippen molar-refractivity contribution in [2.24, 2.45) is 4.99 Å². The van der Waals surface area contributed by atoms with E-state index in [9.17, 15) is 13.6 Å². The van der Waals surface area contributed by atoms with Crippen molar-refractivity contribution in [2.45, 2.75) is 13.8 Å². The third kappa shape index (κ3) is 5.30. The first-order chi connectivity index (χ1) is 12.0. The number of nitrogens with zero attached hydrogens (tertiary/aromatic N) is 3. The lowest BCUT2D eigenvalue weighted by Gasteiger charge is -2.37. The van der Waals surface area contributed by atoms with Crippen molar-refractivity contribution in [1.29, 1.82) is 0 Å². The Morgan fingerprint density at radius 2 is 1.80 bits per heavy atom. The zero-order valence-corrected chi connectivity index (χ0v) is 14.7. The summed E-state index contributed by atoms with van der Waals surface area (Å²) in [5.41, 5.74) is 0.281. The summed E-state index contributed by atoms with van der Waals surface area (Å²) in [5.74, 6) is -0.339. The minimum absolute atomic E-state index is 0.0644. The molecule has 138 valence electrons. The molecule has 25 heavy (non-hydrogen) atoms. The van der Waals surface area contributed by atoms with Crippen molar-refractivity contribution in [1.82, 2.24) is 15.5 Å². The number of halogens is 2. The van der Waals surface area contributed by atoms with Crippen molar-refractivity contribution >= 4 is 17.6 Å². The van der Waals surface area contributed by atoms with Gasteiger partial charge >= 0.3 is 0 Å². The SMILES string of the molecule is CCNC(=O)CN=C(NCC)N1CCN(c2cc(F)ccc2F)CC1. The van der Waals surface area contributed by atoms with Gasteiger partial charge in [-0.15, -0.1) is 0 Å². The normalized spacial score (nSPS) is 15.3. The van der Waals surface area contributed by atoms with Crippen LogP contribution in [0.3, 0.4) is 0 Å². The molecule has 1 aliphatic heterocycles. The Labute approximate surface area is 146 Å².